The van der Waals surface area contributed by atoms with Crippen LogP contribution in [0.2, 0.25) is 0 Å². The van der Waals surface area contributed by atoms with Gasteiger partial charge in [-0.05, 0) is 68.8 Å². The molecule has 0 spiro atoms. The average Bonchev–Trinajstić information content (AvgIpc) is 2.88. The minimum absolute atomic E-state index is 0.165. The van der Waals surface area contributed by atoms with E-state index in [1.54, 1.807) is 4.90 Å². The zero-order valence-electron chi connectivity index (χ0n) is 20.2. The second kappa shape index (κ2) is 12.5. The molecule has 36 heavy (non-hydrogen) atoms. The number of carbonyl (C=O) groups is 1. The lowest BCUT2D eigenvalue weighted by Gasteiger charge is -2.24. The number of alkyl halides is 2. The molecule has 0 saturated carbocycles. The van der Waals surface area contributed by atoms with Crippen molar-refractivity contribution in [1.82, 2.24) is 19.9 Å². The SMILES string of the molecule is O=C(O)C(CCN(CCCCc1ccc2c(n1)NCCC2)CC(F)F)Nc1ncnc2ccccc12. The van der Waals surface area contributed by atoms with Crippen molar-refractivity contribution in [3.63, 3.8) is 0 Å². The van der Waals surface area contributed by atoms with E-state index in [1.807, 2.05) is 30.3 Å². The van der Waals surface area contributed by atoms with Crippen LogP contribution in [0.15, 0.2) is 42.7 Å². The lowest BCUT2D eigenvalue weighted by atomic mass is 10.1. The van der Waals surface area contributed by atoms with Crippen LogP contribution in [0.4, 0.5) is 20.4 Å². The van der Waals surface area contributed by atoms with Crippen molar-refractivity contribution in [1.29, 1.82) is 0 Å². The number of carboxylic acids is 1. The number of nitrogens with zero attached hydrogens (tertiary/aromatic N) is 4. The highest BCUT2D eigenvalue weighted by atomic mass is 19.3. The fraction of sp³-hybridized carbons (Fsp3) is 0.462. The van der Waals surface area contributed by atoms with E-state index >= 15 is 0 Å². The summed E-state index contributed by atoms with van der Waals surface area (Å²) in [5.41, 5.74) is 2.93. The maximum Gasteiger partial charge on any atom is 0.326 e. The summed E-state index contributed by atoms with van der Waals surface area (Å²) in [5.74, 6) is 0.323. The quantitative estimate of drug-likeness (QED) is 0.301. The number of unbranched alkanes of at least 4 members (excludes halogenated alkanes) is 1. The van der Waals surface area contributed by atoms with Crippen molar-refractivity contribution in [2.75, 3.05) is 36.8 Å². The van der Waals surface area contributed by atoms with Gasteiger partial charge in [0.15, 0.2) is 0 Å². The number of para-hydroxylation sites is 1. The van der Waals surface area contributed by atoms with Crippen molar-refractivity contribution in [2.45, 2.75) is 51.0 Å². The molecular weight excluding hydrogens is 466 g/mol. The van der Waals surface area contributed by atoms with Crippen molar-refractivity contribution in [3.05, 3.63) is 54.0 Å². The summed E-state index contributed by atoms with van der Waals surface area (Å²) in [4.78, 5) is 26.6. The van der Waals surface area contributed by atoms with Crippen LogP contribution in [0.1, 0.15) is 36.9 Å². The van der Waals surface area contributed by atoms with Gasteiger partial charge >= 0.3 is 5.97 Å². The van der Waals surface area contributed by atoms with Gasteiger partial charge in [0.25, 0.3) is 6.43 Å². The number of rotatable bonds is 13. The molecule has 1 aromatic carbocycles. The van der Waals surface area contributed by atoms with E-state index in [4.69, 9.17) is 4.98 Å². The van der Waals surface area contributed by atoms with Crippen LogP contribution in [0.25, 0.3) is 10.9 Å². The van der Waals surface area contributed by atoms with Crippen LogP contribution in [0, 0.1) is 0 Å². The Morgan fingerprint density at radius 1 is 1.14 bits per heavy atom. The highest BCUT2D eigenvalue weighted by Crippen LogP contribution is 2.21. The summed E-state index contributed by atoms with van der Waals surface area (Å²) >= 11 is 0. The fourth-order valence-corrected chi connectivity index (χ4v) is 4.49. The van der Waals surface area contributed by atoms with E-state index < -0.39 is 18.4 Å². The van der Waals surface area contributed by atoms with Gasteiger partial charge in [0.1, 0.15) is 24.0 Å². The van der Waals surface area contributed by atoms with Gasteiger partial charge in [0.2, 0.25) is 0 Å². The second-order valence-corrected chi connectivity index (χ2v) is 9.05. The number of anilines is 2. The number of halogens is 2. The van der Waals surface area contributed by atoms with Gasteiger partial charge in [-0.15, -0.1) is 0 Å². The molecule has 3 N–H and O–H groups in total. The molecule has 0 saturated heterocycles. The Kier molecular flexibility index (Phi) is 8.94. The van der Waals surface area contributed by atoms with Crippen LogP contribution in [0.3, 0.4) is 0 Å². The van der Waals surface area contributed by atoms with Crippen LogP contribution in [-0.4, -0.2) is 69.6 Å². The van der Waals surface area contributed by atoms with Gasteiger partial charge in [-0.2, -0.15) is 0 Å². The van der Waals surface area contributed by atoms with Gasteiger partial charge in [0, 0.05) is 24.2 Å². The molecule has 0 amide bonds. The third-order valence-corrected chi connectivity index (χ3v) is 6.39. The predicted molar refractivity (Wildman–Crippen MR) is 136 cm³/mol. The Labute approximate surface area is 209 Å². The van der Waals surface area contributed by atoms with Gasteiger partial charge in [-0.1, -0.05) is 18.2 Å². The molecule has 2 aromatic heterocycles. The zero-order valence-corrected chi connectivity index (χ0v) is 20.2. The Morgan fingerprint density at radius 2 is 2.00 bits per heavy atom. The third-order valence-electron chi connectivity index (χ3n) is 6.39. The molecule has 0 bridgehead atoms. The zero-order chi connectivity index (χ0) is 25.3. The van der Waals surface area contributed by atoms with Crippen molar-refractivity contribution in [3.8, 4) is 0 Å². The van der Waals surface area contributed by atoms with E-state index in [0.717, 1.165) is 50.2 Å². The Morgan fingerprint density at radius 3 is 2.83 bits per heavy atom. The normalized spacial score (nSPS) is 14.0. The lowest BCUT2D eigenvalue weighted by molar-refractivity contribution is -0.138. The lowest BCUT2D eigenvalue weighted by Crippen LogP contribution is -2.37. The molecule has 4 rings (SSSR count). The first-order chi connectivity index (χ1) is 17.5. The molecular formula is C26H32F2N6O2. The molecule has 1 aliphatic heterocycles. The van der Waals surface area contributed by atoms with Crippen LogP contribution < -0.4 is 10.6 Å². The third kappa shape index (κ3) is 7.07. The molecule has 3 aromatic rings. The summed E-state index contributed by atoms with van der Waals surface area (Å²) in [5, 5.41) is 16.7. The van der Waals surface area contributed by atoms with Crippen molar-refractivity contribution < 1.29 is 18.7 Å². The number of carboxylic acid groups (broad SMARTS) is 1. The minimum atomic E-state index is -2.49. The topological polar surface area (TPSA) is 103 Å². The van der Waals surface area contributed by atoms with Gasteiger partial charge in [0.05, 0.1) is 12.1 Å². The number of benzene rings is 1. The number of pyridine rings is 1. The molecule has 0 radical (unpaired) electrons. The number of hydrogen-bond acceptors (Lipinski definition) is 7. The largest absolute Gasteiger partial charge is 0.480 e. The summed E-state index contributed by atoms with van der Waals surface area (Å²) < 4.78 is 26.4. The molecule has 3 heterocycles. The van der Waals surface area contributed by atoms with Crippen molar-refractivity contribution >= 4 is 28.5 Å². The highest BCUT2D eigenvalue weighted by molar-refractivity contribution is 5.90. The Balaban J connectivity index is 1.30. The highest BCUT2D eigenvalue weighted by Gasteiger charge is 2.21. The summed E-state index contributed by atoms with van der Waals surface area (Å²) in [6.45, 7) is 1.25. The molecule has 8 nitrogen and oxygen atoms in total. The summed E-state index contributed by atoms with van der Waals surface area (Å²) in [7, 11) is 0. The van der Waals surface area contributed by atoms with Crippen LogP contribution in [0.5, 0.6) is 0 Å². The summed E-state index contributed by atoms with van der Waals surface area (Å²) in [6.07, 6.45) is 3.52. The van der Waals surface area contributed by atoms with Gasteiger partial charge in [-0.25, -0.2) is 28.5 Å². The smallest absolute Gasteiger partial charge is 0.326 e. The molecule has 0 fully saturated rings. The molecule has 1 unspecified atom stereocenters. The number of aliphatic carboxylic acids is 1. The first kappa shape index (κ1) is 25.7. The number of fused-ring (bicyclic) bond motifs is 2. The minimum Gasteiger partial charge on any atom is -0.480 e. The van der Waals surface area contributed by atoms with E-state index in [9.17, 15) is 18.7 Å². The molecule has 0 aliphatic carbocycles. The standard InChI is InChI=1S/C26H32F2N6O2/c27-23(28)16-34(14-4-3-7-19-11-10-18-6-5-13-29-24(18)32-19)15-12-22(26(35)36)33-25-20-8-1-2-9-21(20)30-17-31-25/h1-2,8-11,17,22-23H,3-7,12-16H2,(H,29,32)(H,35,36)(H,30,31,33). The maximum absolute atomic E-state index is 13.2. The number of hydrogen-bond donors (Lipinski definition) is 3. The fourth-order valence-electron chi connectivity index (χ4n) is 4.49. The second-order valence-electron chi connectivity index (χ2n) is 9.05. The number of aromatic nitrogens is 3. The van der Waals surface area contributed by atoms with E-state index in [2.05, 4.69) is 26.7 Å². The summed E-state index contributed by atoms with van der Waals surface area (Å²) in [6, 6.07) is 10.5. The van der Waals surface area contributed by atoms with E-state index in [-0.39, 0.29) is 19.5 Å². The molecule has 1 atom stereocenters. The first-order valence-electron chi connectivity index (χ1n) is 12.4. The van der Waals surface area contributed by atoms with Crippen LogP contribution >= 0.6 is 0 Å². The Bertz CT molecular complexity index is 1160. The molecule has 10 heteroatoms. The average molecular weight is 499 g/mol. The number of aryl methyl sites for hydroxylation is 2. The predicted octanol–water partition coefficient (Wildman–Crippen LogP) is 4.23. The number of nitrogens with one attached hydrogen (secondary N) is 2. The maximum atomic E-state index is 13.2. The molecule has 192 valence electrons. The monoisotopic (exact) mass is 498 g/mol. The van der Waals surface area contributed by atoms with Gasteiger partial charge < -0.3 is 15.7 Å². The van der Waals surface area contributed by atoms with Gasteiger partial charge in [-0.3, -0.25) is 4.90 Å². The molecule has 1 aliphatic rings. The van der Waals surface area contributed by atoms with E-state index in [0.29, 0.717) is 23.3 Å². The van der Waals surface area contributed by atoms with Crippen molar-refractivity contribution in [2.24, 2.45) is 0 Å². The Hall–Kier alpha value is -3.40. The first-order valence-corrected chi connectivity index (χ1v) is 12.4. The van der Waals surface area contributed by atoms with E-state index in [1.165, 1.54) is 11.9 Å². The van der Waals surface area contributed by atoms with Crippen LogP contribution in [-0.2, 0) is 17.6 Å².